The predicted octanol–water partition coefficient (Wildman–Crippen LogP) is 0.323. The van der Waals surface area contributed by atoms with Crippen molar-refractivity contribution in [3.05, 3.63) is 18.7 Å². The van der Waals surface area contributed by atoms with Crippen LogP contribution >= 0.6 is 10.7 Å². The Hall–Kier alpha value is -0.850. The van der Waals surface area contributed by atoms with Crippen LogP contribution in [0.4, 0.5) is 13.2 Å². The van der Waals surface area contributed by atoms with Crippen LogP contribution in [0.5, 0.6) is 0 Å². The van der Waals surface area contributed by atoms with E-state index in [1.165, 1.54) is 0 Å². The van der Waals surface area contributed by atoms with E-state index in [2.05, 4.69) is 0 Å². The maximum atomic E-state index is 10.7. The Labute approximate surface area is 124 Å². The summed E-state index contributed by atoms with van der Waals surface area (Å²) in [5, 5.41) is 0. The minimum absolute atomic E-state index is 0.0243. The molecular weight excluding hydrogens is 361 g/mol. The highest BCUT2D eigenvalue weighted by Gasteiger charge is 2.36. The van der Waals surface area contributed by atoms with Gasteiger partial charge in [-0.1, -0.05) is 0 Å². The number of nitrogens with zero attached hydrogens (tertiary/aromatic N) is 2. The van der Waals surface area contributed by atoms with Crippen molar-refractivity contribution in [3.8, 4) is 0 Å². The van der Waals surface area contributed by atoms with Gasteiger partial charge in [0.1, 0.15) is 12.4 Å². The molecule has 13 heteroatoms. The molecule has 0 aliphatic heterocycles. The van der Waals surface area contributed by atoms with Gasteiger partial charge in [0, 0.05) is 17.1 Å². The third kappa shape index (κ3) is 9.66. The molecule has 0 aliphatic carbocycles. The normalized spacial score (nSPS) is 12.7. The molecule has 0 atom stereocenters. The van der Waals surface area contributed by atoms with Crippen LogP contribution in [-0.2, 0) is 32.8 Å². The zero-order valence-electron chi connectivity index (χ0n) is 10.6. The lowest BCUT2D eigenvalue weighted by atomic mass is 10.5. The first kappa shape index (κ1) is 20.1. The van der Waals surface area contributed by atoms with E-state index in [1.807, 2.05) is 34.9 Å². The maximum absolute atomic E-state index is 10.7. The Bertz CT molecular complexity index is 654. The highest BCUT2D eigenvalue weighted by Crippen LogP contribution is 2.20. The smallest absolute Gasteiger partial charge is 0.485 e. The van der Waals surface area contributed by atoms with Gasteiger partial charge in [-0.15, -0.1) is 0 Å². The highest BCUT2D eigenvalue weighted by atomic mass is 35.7. The van der Waals surface area contributed by atoms with Gasteiger partial charge in [0.2, 0.25) is 15.4 Å². The number of imidazole rings is 1. The van der Waals surface area contributed by atoms with Crippen molar-refractivity contribution in [1.82, 2.24) is 4.57 Å². The second-order valence-corrected chi connectivity index (χ2v) is 8.08. The fraction of sp³-hybridized carbons (Fsp3) is 0.625. The molecule has 124 valence electrons. The molecule has 0 fully saturated rings. The van der Waals surface area contributed by atoms with Gasteiger partial charge in [-0.3, -0.25) is 0 Å². The summed E-state index contributed by atoms with van der Waals surface area (Å²) in [6.07, 6.45) is 6.22. The molecule has 0 aromatic carbocycles. The molecule has 7 nitrogen and oxygen atoms in total. The third-order valence-electron chi connectivity index (χ3n) is 1.91. The topological polar surface area (TPSA) is 100 Å². The second-order valence-electron chi connectivity index (χ2n) is 3.81. The summed E-state index contributed by atoms with van der Waals surface area (Å²) in [4.78, 5) is 0. The van der Waals surface area contributed by atoms with E-state index in [1.54, 1.807) is 0 Å². The van der Waals surface area contributed by atoms with E-state index in [4.69, 9.17) is 23.7 Å². The first-order valence-corrected chi connectivity index (χ1v) is 9.06. The molecule has 1 heterocycles. The lowest BCUT2D eigenvalue weighted by Crippen LogP contribution is -2.23. The van der Waals surface area contributed by atoms with E-state index in [9.17, 15) is 21.6 Å². The third-order valence-corrected chi connectivity index (χ3v) is 3.72. The van der Waals surface area contributed by atoms with E-state index >= 15 is 0 Å². The minimum Gasteiger partial charge on any atom is -0.741 e. The largest absolute Gasteiger partial charge is 0.741 e. The number of rotatable bonds is 4. The number of aryl methyl sites for hydroxylation is 2. The molecule has 0 radical (unpaired) electrons. The minimum atomic E-state index is -6.09. The Morgan fingerprint density at radius 2 is 1.76 bits per heavy atom. The van der Waals surface area contributed by atoms with Crippen molar-refractivity contribution in [2.24, 2.45) is 7.05 Å². The molecule has 0 unspecified atom stereocenters. The van der Waals surface area contributed by atoms with Gasteiger partial charge in [0.15, 0.2) is 10.1 Å². The fourth-order valence-corrected chi connectivity index (χ4v) is 1.85. The standard InChI is InChI=1S/C7H12ClN2O2S.CHF3O3S/c1-9-4-5-10(7-9)3-2-6-13(8,11)12;2-1(3,4)8(5,6)7/h4-5,7H,2-3,6H2,1H3;(H,5,6,7)/q+1;/p-1. The van der Waals surface area contributed by atoms with E-state index in [0.717, 1.165) is 0 Å². The molecule has 0 aliphatic rings. The quantitative estimate of drug-likeness (QED) is 0.328. The van der Waals surface area contributed by atoms with Gasteiger partial charge in [-0.2, -0.15) is 13.2 Å². The Morgan fingerprint density at radius 1 is 1.29 bits per heavy atom. The fourth-order valence-electron chi connectivity index (χ4n) is 1.05. The summed E-state index contributed by atoms with van der Waals surface area (Å²) in [7, 11) is -2.45. The summed E-state index contributed by atoms with van der Waals surface area (Å²) >= 11 is 0. The second kappa shape index (κ2) is 7.42. The molecule has 1 aromatic heterocycles. The van der Waals surface area contributed by atoms with Crippen LogP contribution in [0, 0.1) is 0 Å². The summed E-state index contributed by atoms with van der Waals surface area (Å²) < 4.78 is 83.9. The molecule has 1 rings (SSSR count). The van der Waals surface area contributed by atoms with Gasteiger partial charge in [0.05, 0.1) is 19.3 Å². The first-order valence-electron chi connectivity index (χ1n) is 5.18. The number of alkyl halides is 3. The van der Waals surface area contributed by atoms with Crippen molar-refractivity contribution >= 4 is 29.9 Å². The summed E-state index contributed by atoms with van der Waals surface area (Å²) in [6.45, 7) is 0.673. The van der Waals surface area contributed by atoms with Gasteiger partial charge in [-0.05, 0) is 0 Å². The van der Waals surface area contributed by atoms with Gasteiger partial charge < -0.3 is 4.55 Å². The Kier molecular flexibility index (Phi) is 7.12. The summed E-state index contributed by atoms with van der Waals surface area (Å²) in [5.74, 6) is 0.0243. The van der Waals surface area contributed by atoms with Crippen LogP contribution in [0.15, 0.2) is 18.7 Å². The monoisotopic (exact) mass is 372 g/mol. The van der Waals surface area contributed by atoms with Crippen molar-refractivity contribution < 1.29 is 39.1 Å². The molecule has 0 saturated heterocycles. The first-order chi connectivity index (χ1) is 9.22. The lowest BCUT2D eigenvalue weighted by Gasteiger charge is -2.08. The van der Waals surface area contributed by atoms with Crippen LogP contribution in [0.25, 0.3) is 0 Å². The number of halogens is 4. The summed E-state index contributed by atoms with van der Waals surface area (Å²) in [6, 6.07) is 0. The lowest BCUT2D eigenvalue weighted by molar-refractivity contribution is -0.671. The average Bonchev–Trinajstić information content (AvgIpc) is 2.60. The molecule has 0 saturated carbocycles. The van der Waals surface area contributed by atoms with Gasteiger partial charge >= 0.3 is 5.51 Å². The molecule has 0 amide bonds. The maximum Gasteiger partial charge on any atom is 0.485 e. The molecule has 0 N–H and O–H groups in total. The molecular formula is C8H12ClF3N2O5S2. The molecule has 0 spiro atoms. The van der Waals surface area contributed by atoms with Crippen molar-refractivity contribution in [2.45, 2.75) is 18.5 Å². The van der Waals surface area contributed by atoms with Gasteiger partial charge in [-0.25, -0.2) is 26.0 Å². The number of aromatic nitrogens is 2. The average molecular weight is 373 g/mol. The van der Waals surface area contributed by atoms with Crippen LogP contribution < -0.4 is 4.57 Å². The summed E-state index contributed by atoms with van der Waals surface area (Å²) in [5.41, 5.74) is -5.65. The van der Waals surface area contributed by atoms with Crippen LogP contribution in [0.3, 0.4) is 0 Å². The van der Waals surface area contributed by atoms with Crippen LogP contribution in [0.1, 0.15) is 6.42 Å². The van der Waals surface area contributed by atoms with E-state index in [-0.39, 0.29) is 5.75 Å². The number of hydrogen-bond acceptors (Lipinski definition) is 5. The highest BCUT2D eigenvalue weighted by molar-refractivity contribution is 8.13. The van der Waals surface area contributed by atoms with E-state index < -0.39 is 24.7 Å². The Morgan fingerprint density at radius 3 is 2.05 bits per heavy atom. The van der Waals surface area contributed by atoms with Crippen molar-refractivity contribution in [2.75, 3.05) is 5.75 Å². The van der Waals surface area contributed by atoms with Crippen molar-refractivity contribution in [3.63, 3.8) is 0 Å². The number of hydrogen-bond donors (Lipinski definition) is 0. The predicted molar refractivity (Wildman–Crippen MR) is 65.6 cm³/mol. The van der Waals surface area contributed by atoms with E-state index in [0.29, 0.717) is 13.0 Å². The Balaban J connectivity index is 0.000000433. The van der Waals surface area contributed by atoms with Crippen LogP contribution in [0.2, 0.25) is 0 Å². The van der Waals surface area contributed by atoms with Gasteiger partial charge in [0.25, 0.3) is 0 Å². The molecule has 0 bridgehead atoms. The SMILES string of the molecule is C[n+]1ccn(CCCS(=O)(=O)Cl)c1.O=S(=O)([O-])C(F)(F)F. The van der Waals surface area contributed by atoms with Crippen molar-refractivity contribution in [1.29, 1.82) is 0 Å². The molecule has 1 aromatic rings. The molecule has 21 heavy (non-hydrogen) atoms. The zero-order valence-corrected chi connectivity index (χ0v) is 13.0. The van der Waals surface area contributed by atoms with Crippen LogP contribution in [-0.4, -0.2) is 37.2 Å². The zero-order chi connectivity index (χ0) is 16.9.